The Bertz CT molecular complexity index is 1120. The second-order valence-corrected chi connectivity index (χ2v) is 7.90. The van der Waals surface area contributed by atoms with Crippen molar-refractivity contribution in [2.45, 2.75) is 18.4 Å². The van der Waals surface area contributed by atoms with Gasteiger partial charge in [-0.2, -0.15) is 0 Å². The summed E-state index contributed by atoms with van der Waals surface area (Å²) >= 11 is 0. The Kier molecular flexibility index (Phi) is 6.10. The van der Waals surface area contributed by atoms with Gasteiger partial charge >= 0.3 is 0 Å². The van der Waals surface area contributed by atoms with Crippen LogP contribution >= 0.6 is 0 Å². The first-order valence-electron chi connectivity index (χ1n) is 8.65. The van der Waals surface area contributed by atoms with Crippen molar-refractivity contribution in [1.82, 2.24) is 15.6 Å². The van der Waals surface area contributed by atoms with Gasteiger partial charge in [0.2, 0.25) is 10.0 Å². The molecule has 0 radical (unpaired) electrons. The number of carbonyl (C=O) groups is 2. The molecule has 0 aliphatic carbocycles. The van der Waals surface area contributed by atoms with Gasteiger partial charge in [0.1, 0.15) is 5.76 Å². The third-order valence-electron chi connectivity index (χ3n) is 4.11. The van der Waals surface area contributed by atoms with Crippen molar-refractivity contribution < 1.29 is 22.4 Å². The summed E-state index contributed by atoms with van der Waals surface area (Å²) in [5.74, 6) is -0.785. The number of hydrogen-bond acceptors (Lipinski definition) is 5. The monoisotopic (exact) mass is 413 g/mol. The van der Waals surface area contributed by atoms with Crippen LogP contribution in [0.5, 0.6) is 0 Å². The van der Waals surface area contributed by atoms with E-state index in [-0.39, 0.29) is 22.6 Å². The van der Waals surface area contributed by atoms with Crippen LogP contribution < -0.4 is 15.6 Å². The summed E-state index contributed by atoms with van der Waals surface area (Å²) in [5, 5.41) is 0. The molecule has 1 aromatic heterocycles. The molecule has 1 heterocycles. The van der Waals surface area contributed by atoms with Crippen LogP contribution in [-0.2, 0) is 16.6 Å². The molecule has 0 aliphatic heterocycles. The van der Waals surface area contributed by atoms with Gasteiger partial charge in [0.05, 0.1) is 16.7 Å². The molecule has 150 valence electrons. The van der Waals surface area contributed by atoms with Crippen LogP contribution in [-0.4, -0.2) is 20.2 Å². The molecule has 0 bridgehead atoms. The molecule has 8 nitrogen and oxygen atoms in total. The van der Waals surface area contributed by atoms with Gasteiger partial charge in [-0.3, -0.25) is 20.4 Å². The number of hydrogen-bond donors (Lipinski definition) is 3. The number of nitrogens with one attached hydrogen (secondary N) is 3. The van der Waals surface area contributed by atoms with Gasteiger partial charge in [-0.1, -0.05) is 36.4 Å². The van der Waals surface area contributed by atoms with E-state index in [0.29, 0.717) is 5.76 Å². The Morgan fingerprint density at radius 2 is 1.66 bits per heavy atom. The summed E-state index contributed by atoms with van der Waals surface area (Å²) in [7, 11) is -3.82. The second-order valence-electron chi connectivity index (χ2n) is 6.14. The fourth-order valence-corrected chi connectivity index (χ4v) is 3.60. The highest BCUT2D eigenvalue weighted by molar-refractivity contribution is 7.89. The summed E-state index contributed by atoms with van der Waals surface area (Å²) in [5.41, 5.74) is 5.69. The van der Waals surface area contributed by atoms with E-state index in [0.717, 1.165) is 5.56 Å². The lowest BCUT2D eigenvalue weighted by molar-refractivity contribution is 0.0845. The van der Waals surface area contributed by atoms with Crippen LogP contribution in [0.3, 0.4) is 0 Å². The summed E-state index contributed by atoms with van der Waals surface area (Å²) in [6.45, 7) is 1.74. The number of amides is 2. The van der Waals surface area contributed by atoms with E-state index in [2.05, 4.69) is 15.6 Å². The number of sulfonamides is 1. The van der Waals surface area contributed by atoms with Gasteiger partial charge < -0.3 is 4.42 Å². The van der Waals surface area contributed by atoms with E-state index in [4.69, 9.17) is 4.42 Å². The highest BCUT2D eigenvalue weighted by Crippen LogP contribution is 2.13. The lowest BCUT2D eigenvalue weighted by Gasteiger charge is -2.10. The predicted octanol–water partition coefficient (Wildman–Crippen LogP) is 2.14. The van der Waals surface area contributed by atoms with Crippen molar-refractivity contribution in [3.63, 3.8) is 0 Å². The molecule has 0 fully saturated rings. The molecule has 0 saturated heterocycles. The fraction of sp³-hybridized carbons (Fsp3) is 0.100. The van der Waals surface area contributed by atoms with E-state index in [1.807, 2.05) is 18.2 Å². The zero-order valence-corrected chi connectivity index (χ0v) is 16.3. The number of benzene rings is 2. The van der Waals surface area contributed by atoms with E-state index < -0.39 is 21.8 Å². The summed E-state index contributed by atoms with van der Waals surface area (Å²) in [6, 6.07) is 16.1. The molecule has 0 atom stereocenters. The normalized spacial score (nSPS) is 11.1. The van der Waals surface area contributed by atoms with Gasteiger partial charge in [-0.15, -0.1) is 0 Å². The maximum absolute atomic E-state index is 12.5. The van der Waals surface area contributed by atoms with Gasteiger partial charge in [0, 0.05) is 12.1 Å². The van der Waals surface area contributed by atoms with Crippen LogP contribution in [0.1, 0.15) is 32.0 Å². The molecular weight excluding hydrogens is 394 g/mol. The van der Waals surface area contributed by atoms with Crippen molar-refractivity contribution in [2.75, 3.05) is 0 Å². The Balaban J connectivity index is 1.65. The maximum Gasteiger partial charge on any atom is 0.273 e. The standard InChI is InChI=1S/C20H19N3O5S/c1-14-18(10-11-28-14)20(25)23-22-19(24)16-8-5-9-17(12-16)29(26,27)21-13-15-6-3-2-4-7-15/h2-12,21H,13H2,1H3,(H,22,24)(H,23,25). The second kappa shape index (κ2) is 8.72. The van der Waals surface area contributed by atoms with Crippen LogP contribution in [0.15, 0.2) is 76.2 Å². The minimum atomic E-state index is -3.82. The molecule has 9 heteroatoms. The highest BCUT2D eigenvalue weighted by Gasteiger charge is 2.17. The van der Waals surface area contributed by atoms with Gasteiger partial charge in [-0.25, -0.2) is 13.1 Å². The molecule has 0 unspecified atom stereocenters. The largest absolute Gasteiger partial charge is 0.469 e. The number of hydrazine groups is 1. The van der Waals surface area contributed by atoms with Crippen LogP contribution in [0.2, 0.25) is 0 Å². The van der Waals surface area contributed by atoms with Gasteiger partial charge in [-0.05, 0) is 36.8 Å². The molecule has 3 aromatic rings. The Morgan fingerprint density at radius 3 is 2.34 bits per heavy atom. The smallest absolute Gasteiger partial charge is 0.273 e. The Labute approximate surface area is 168 Å². The van der Waals surface area contributed by atoms with E-state index in [1.165, 1.54) is 36.6 Å². The zero-order valence-electron chi connectivity index (χ0n) is 15.5. The lowest BCUT2D eigenvalue weighted by Crippen LogP contribution is -2.41. The highest BCUT2D eigenvalue weighted by atomic mass is 32.2. The molecule has 0 aliphatic rings. The first-order valence-corrected chi connectivity index (χ1v) is 10.1. The molecule has 0 saturated carbocycles. The van der Waals surface area contributed by atoms with Crippen molar-refractivity contribution >= 4 is 21.8 Å². The maximum atomic E-state index is 12.5. The predicted molar refractivity (Wildman–Crippen MR) is 105 cm³/mol. The van der Waals surface area contributed by atoms with Crippen molar-refractivity contribution in [1.29, 1.82) is 0 Å². The topological polar surface area (TPSA) is 118 Å². The average Bonchev–Trinajstić information content (AvgIpc) is 3.17. The number of rotatable bonds is 6. The summed E-state index contributed by atoms with van der Waals surface area (Å²) < 4.78 is 32.6. The quantitative estimate of drug-likeness (QED) is 0.535. The molecule has 2 amide bonds. The van der Waals surface area contributed by atoms with Gasteiger partial charge in [0.15, 0.2) is 0 Å². The van der Waals surface area contributed by atoms with Crippen LogP contribution in [0.25, 0.3) is 0 Å². The lowest BCUT2D eigenvalue weighted by atomic mass is 10.2. The molecule has 2 aromatic carbocycles. The summed E-state index contributed by atoms with van der Waals surface area (Å²) in [6.07, 6.45) is 1.36. The molecule has 3 rings (SSSR count). The van der Waals surface area contributed by atoms with Gasteiger partial charge in [0.25, 0.3) is 11.8 Å². The third kappa shape index (κ3) is 5.09. The van der Waals surface area contributed by atoms with Crippen LogP contribution in [0.4, 0.5) is 0 Å². The van der Waals surface area contributed by atoms with Crippen molar-refractivity contribution in [3.05, 3.63) is 89.4 Å². The molecular formula is C20H19N3O5S. The van der Waals surface area contributed by atoms with Crippen LogP contribution in [0, 0.1) is 6.92 Å². The first kappa shape index (κ1) is 20.3. The SMILES string of the molecule is Cc1occc1C(=O)NNC(=O)c1cccc(S(=O)(=O)NCc2ccccc2)c1. The number of furan rings is 1. The summed E-state index contributed by atoms with van der Waals surface area (Å²) in [4.78, 5) is 24.3. The molecule has 29 heavy (non-hydrogen) atoms. The average molecular weight is 413 g/mol. The number of carbonyl (C=O) groups excluding carboxylic acids is 2. The molecule has 3 N–H and O–H groups in total. The minimum absolute atomic E-state index is 0.0573. The number of aryl methyl sites for hydroxylation is 1. The Morgan fingerprint density at radius 1 is 0.931 bits per heavy atom. The van der Waals surface area contributed by atoms with Crippen molar-refractivity contribution in [3.8, 4) is 0 Å². The van der Waals surface area contributed by atoms with E-state index in [9.17, 15) is 18.0 Å². The first-order chi connectivity index (χ1) is 13.9. The van der Waals surface area contributed by atoms with Crippen molar-refractivity contribution in [2.24, 2.45) is 0 Å². The third-order valence-corrected chi connectivity index (χ3v) is 5.51. The molecule has 0 spiro atoms. The van der Waals surface area contributed by atoms with E-state index in [1.54, 1.807) is 19.1 Å². The fourth-order valence-electron chi connectivity index (χ4n) is 2.54. The zero-order chi connectivity index (χ0) is 20.9. The Hall–Kier alpha value is -3.43. The van der Waals surface area contributed by atoms with E-state index >= 15 is 0 Å². The minimum Gasteiger partial charge on any atom is -0.469 e.